The summed E-state index contributed by atoms with van der Waals surface area (Å²) in [4.78, 5) is 5.14. The largest absolute Gasteiger partial charge is 0.369 e. The minimum absolute atomic E-state index is 0.665. The van der Waals surface area contributed by atoms with Gasteiger partial charge >= 0.3 is 0 Å². The van der Waals surface area contributed by atoms with Crippen molar-refractivity contribution >= 4 is 5.69 Å². The minimum Gasteiger partial charge on any atom is -0.369 e. The van der Waals surface area contributed by atoms with Crippen LogP contribution < -0.4 is 4.90 Å². The van der Waals surface area contributed by atoms with Crippen LogP contribution in [0, 0.1) is 0 Å². The third kappa shape index (κ3) is 3.89. The fourth-order valence-corrected chi connectivity index (χ4v) is 3.26. The van der Waals surface area contributed by atoms with Gasteiger partial charge < -0.3 is 4.90 Å². The first kappa shape index (κ1) is 15.1. The SMILES string of the molecule is C[C@@H](CCc1ccccc1)N1CCN(c2ccccc2)CC1. The van der Waals surface area contributed by atoms with Crippen LogP contribution in [-0.2, 0) is 6.42 Å². The van der Waals surface area contributed by atoms with Crippen LogP contribution in [0.5, 0.6) is 0 Å². The molecule has 116 valence electrons. The zero-order valence-corrected chi connectivity index (χ0v) is 13.5. The van der Waals surface area contributed by atoms with Gasteiger partial charge in [-0.1, -0.05) is 48.5 Å². The molecule has 1 aliphatic rings. The molecule has 3 rings (SSSR count). The third-order valence-corrected chi connectivity index (χ3v) is 4.75. The van der Waals surface area contributed by atoms with Crippen LogP contribution in [-0.4, -0.2) is 37.1 Å². The van der Waals surface area contributed by atoms with E-state index in [1.807, 2.05) is 0 Å². The van der Waals surface area contributed by atoms with Crippen molar-refractivity contribution in [1.29, 1.82) is 0 Å². The van der Waals surface area contributed by atoms with Crippen molar-refractivity contribution in [3.63, 3.8) is 0 Å². The molecule has 0 spiro atoms. The zero-order valence-electron chi connectivity index (χ0n) is 13.5. The van der Waals surface area contributed by atoms with Gasteiger partial charge in [0.2, 0.25) is 0 Å². The highest BCUT2D eigenvalue weighted by Crippen LogP contribution is 2.18. The summed E-state index contributed by atoms with van der Waals surface area (Å²) in [5.41, 5.74) is 2.82. The second kappa shape index (κ2) is 7.46. The fourth-order valence-electron chi connectivity index (χ4n) is 3.26. The molecule has 1 saturated heterocycles. The Balaban J connectivity index is 1.46. The van der Waals surface area contributed by atoms with E-state index in [4.69, 9.17) is 0 Å². The third-order valence-electron chi connectivity index (χ3n) is 4.75. The lowest BCUT2D eigenvalue weighted by Crippen LogP contribution is -2.49. The summed E-state index contributed by atoms with van der Waals surface area (Å²) in [7, 11) is 0. The smallest absolute Gasteiger partial charge is 0.0367 e. The molecule has 0 amide bonds. The molecule has 1 fully saturated rings. The summed E-state index contributed by atoms with van der Waals surface area (Å²) in [5.74, 6) is 0. The molecule has 2 heteroatoms. The summed E-state index contributed by atoms with van der Waals surface area (Å²) >= 11 is 0. The van der Waals surface area contributed by atoms with E-state index in [9.17, 15) is 0 Å². The molecule has 1 aliphatic heterocycles. The van der Waals surface area contributed by atoms with E-state index < -0.39 is 0 Å². The molecule has 22 heavy (non-hydrogen) atoms. The molecule has 0 N–H and O–H groups in total. The Kier molecular flexibility index (Phi) is 5.12. The molecular weight excluding hydrogens is 268 g/mol. The molecule has 1 heterocycles. The summed E-state index contributed by atoms with van der Waals surface area (Å²) in [6.45, 7) is 7.00. The van der Waals surface area contributed by atoms with E-state index in [0.29, 0.717) is 6.04 Å². The van der Waals surface area contributed by atoms with Gasteiger partial charge in [0.1, 0.15) is 0 Å². The summed E-state index contributed by atoms with van der Waals surface area (Å²) in [5, 5.41) is 0. The van der Waals surface area contributed by atoms with Gasteiger partial charge in [0.15, 0.2) is 0 Å². The highest BCUT2D eigenvalue weighted by atomic mass is 15.3. The first-order valence-corrected chi connectivity index (χ1v) is 8.41. The fraction of sp³-hybridized carbons (Fsp3) is 0.400. The van der Waals surface area contributed by atoms with Crippen LogP contribution >= 0.6 is 0 Å². The van der Waals surface area contributed by atoms with Gasteiger partial charge in [0.05, 0.1) is 0 Å². The van der Waals surface area contributed by atoms with Crippen molar-refractivity contribution in [2.75, 3.05) is 31.1 Å². The monoisotopic (exact) mass is 294 g/mol. The molecule has 0 saturated carbocycles. The molecule has 1 atom stereocenters. The first-order chi connectivity index (χ1) is 10.8. The number of piperazine rings is 1. The highest BCUT2D eigenvalue weighted by molar-refractivity contribution is 5.46. The van der Waals surface area contributed by atoms with Gasteiger partial charge in [-0.2, -0.15) is 0 Å². The topological polar surface area (TPSA) is 6.48 Å². The van der Waals surface area contributed by atoms with Crippen molar-refractivity contribution < 1.29 is 0 Å². The van der Waals surface area contributed by atoms with Crippen LogP contribution in [0.3, 0.4) is 0 Å². The maximum Gasteiger partial charge on any atom is 0.0367 e. The maximum absolute atomic E-state index is 2.64. The predicted octanol–water partition coefficient (Wildman–Crippen LogP) is 3.83. The normalized spacial score (nSPS) is 17.4. The number of para-hydroxylation sites is 1. The lowest BCUT2D eigenvalue weighted by atomic mass is 10.0. The Labute approximate surface area is 134 Å². The quantitative estimate of drug-likeness (QED) is 0.827. The lowest BCUT2D eigenvalue weighted by Gasteiger charge is -2.39. The zero-order chi connectivity index (χ0) is 15.2. The standard InChI is InChI=1S/C20H26N2/c1-18(12-13-19-8-4-2-5-9-19)21-14-16-22(17-15-21)20-10-6-3-7-11-20/h2-11,18H,12-17H2,1H3/t18-/m0/s1. The number of anilines is 1. The molecule has 0 aliphatic carbocycles. The van der Waals surface area contributed by atoms with E-state index in [1.165, 1.54) is 37.2 Å². The average Bonchev–Trinajstić information content (AvgIpc) is 2.61. The van der Waals surface area contributed by atoms with Crippen molar-refractivity contribution in [3.05, 3.63) is 66.2 Å². The first-order valence-electron chi connectivity index (χ1n) is 8.41. The van der Waals surface area contributed by atoms with Crippen LogP contribution in [0.4, 0.5) is 5.69 Å². The second-order valence-corrected chi connectivity index (χ2v) is 6.23. The summed E-state index contributed by atoms with van der Waals surface area (Å²) in [6.07, 6.45) is 2.43. The van der Waals surface area contributed by atoms with Crippen LogP contribution in [0.1, 0.15) is 18.9 Å². The molecule has 2 aromatic carbocycles. The van der Waals surface area contributed by atoms with Gasteiger partial charge in [-0.25, -0.2) is 0 Å². The molecular formula is C20H26N2. The molecule has 2 nitrogen and oxygen atoms in total. The van der Waals surface area contributed by atoms with E-state index in [0.717, 1.165) is 13.1 Å². The second-order valence-electron chi connectivity index (χ2n) is 6.23. The van der Waals surface area contributed by atoms with Gasteiger partial charge in [-0.15, -0.1) is 0 Å². The van der Waals surface area contributed by atoms with Crippen LogP contribution in [0.25, 0.3) is 0 Å². The number of nitrogens with zero attached hydrogens (tertiary/aromatic N) is 2. The predicted molar refractivity (Wildman–Crippen MR) is 94.5 cm³/mol. The van der Waals surface area contributed by atoms with E-state index in [1.54, 1.807) is 0 Å². The molecule has 0 bridgehead atoms. The van der Waals surface area contributed by atoms with Gasteiger partial charge in [0, 0.05) is 37.9 Å². The number of hydrogen-bond acceptors (Lipinski definition) is 2. The number of rotatable bonds is 5. The van der Waals surface area contributed by atoms with Crippen molar-refractivity contribution in [3.8, 4) is 0 Å². The van der Waals surface area contributed by atoms with Gasteiger partial charge in [-0.05, 0) is 37.5 Å². The summed E-state index contributed by atoms with van der Waals surface area (Å²) in [6, 6.07) is 22.3. The van der Waals surface area contributed by atoms with Crippen LogP contribution in [0.15, 0.2) is 60.7 Å². The van der Waals surface area contributed by atoms with Crippen LogP contribution in [0.2, 0.25) is 0 Å². The molecule has 0 radical (unpaired) electrons. The minimum atomic E-state index is 0.665. The Hall–Kier alpha value is -1.80. The molecule has 2 aromatic rings. The van der Waals surface area contributed by atoms with Gasteiger partial charge in [0.25, 0.3) is 0 Å². The Morgan fingerprint density at radius 2 is 1.41 bits per heavy atom. The van der Waals surface area contributed by atoms with Crippen molar-refractivity contribution in [2.45, 2.75) is 25.8 Å². The molecule has 0 aromatic heterocycles. The molecule has 0 unspecified atom stereocenters. The Morgan fingerprint density at radius 1 is 0.818 bits per heavy atom. The van der Waals surface area contributed by atoms with E-state index in [-0.39, 0.29) is 0 Å². The summed E-state index contributed by atoms with van der Waals surface area (Å²) < 4.78 is 0. The number of benzene rings is 2. The van der Waals surface area contributed by atoms with Crippen molar-refractivity contribution in [2.24, 2.45) is 0 Å². The van der Waals surface area contributed by atoms with Gasteiger partial charge in [-0.3, -0.25) is 4.90 Å². The maximum atomic E-state index is 2.64. The lowest BCUT2D eigenvalue weighted by molar-refractivity contribution is 0.189. The Morgan fingerprint density at radius 3 is 2.05 bits per heavy atom. The number of hydrogen-bond donors (Lipinski definition) is 0. The Bertz CT molecular complexity index is 544. The van der Waals surface area contributed by atoms with Crippen molar-refractivity contribution in [1.82, 2.24) is 4.90 Å². The number of aryl methyl sites for hydroxylation is 1. The highest BCUT2D eigenvalue weighted by Gasteiger charge is 2.20. The van der Waals surface area contributed by atoms with E-state index >= 15 is 0 Å². The van der Waals surface area contributed by atoms with E-state index in [2.05, 4.69) is 77.4 Å². The average molecular weight is 294 g/mol.